The van der Waals surface area contributed by atoms with Crippen molar-refractivity contribution in [3.05, 3.63) is 23.3 Å². The number of nitrogens with one attached hydrogen (secondary N) is 1. The van der Waals surface area contributed by atoms with E-state index in [0.29, 0.717) is 12.0 Å². The second kappa shape index (κ2) is 5.61. The first-order valence-corrected chi connectivity index (χ1v) is 6.66. The van der Waals surface area contributed by atoms with Crippen LogP contribution in [0.15, 0.2) is 12.1 Å². The molecule has 3 nitrogen and oxygen atoms in total. The molecule has 0 amide bonds. The molecule has 1 atom stereocenters. The van der Waals surface area contributed by atoms with Crippen LogP contribution in [0.5, 0.6) is 11.5 Å². The third kappa shape index (κ3) is 2.32. The number of ether oxygens (including phenoxy) is 2. The first kappa shape index (κ1) is 13.2. The second-order valence-electron chi connectivity index (χ2n) is 5.15. The molecule has 1 heterocycles. The summed E-state index contributed by atoms with van der Waals surface area (Å²) in [6.45, 7) is 5.57. The van der Waals surface area contributed by atoms with Gasteiger partial charge in [0.05, 0.1) is 14.2 Å². The summed E-state index contributed by atoms with van der Waals surface area (Å²) in [5, 5.41) is 3.63. The summed E-state index contributed by atoms with van der Waals surface area (Å²) < 4.78 is 11.0. The van der Waals surface area contributed by atoms with Gasteiger partial charge in [0.2, 0.25) is 0 Å². The Morgan fingerprint density at radius 1 is 1.22 bits per heavy atom. The molecule has 1 aromatic carbocycles. The van der Waals surface area contributed by atoms with Crippen LogP contribution in [0.2, 0.25) is 0 Å². The van der Waals surface area contributed by atoms with Gasteiger partial charge in [-0.25, -0.2) is 0 Å². The van der Waals surface area contributed by atoms with Crippen LogP contribution in [0.3, 0.4) is 0 Å². The van der Waals surface area contributed by atoms with Gasteiger partial charge < -0.3 is 14.8 Å². The van der Waals surface area contributed by atoms with E-state index in [9.17, 15) is 0 Å². The summed E-state index contributed by atoms with van der Waals surface area (Å²) in [6.07, 6.45) is 2.19. The minimum absolute atomic E-state index is 0.405. The zero-order valence-corrected chi connectivity index (χ0v) is 11.7. The van der Waals surface area contributed by atoms with Gasteiger partial charge in [0.25, 0.3) is 0 Å². The van der Waals surface area contributed by atoms with E-state index in [1.165, 1.54) is 11.1 Å². The van der Waals surface area contributed by atoms with Crippen LogP contribution in [-0.2, 0) is 6.42 Å². The highest BCUT2D eigenvalue weighted by Gasteiger charge is 2.25. The SMILES string of the molecule is COc1ccc2c(c1OC)CCCN[C@@H]2C(C)C. The van der Waals surface area contributed by atoms with Crippen LogP contribution < -0.4 is 14.8 Å². The zero-order valence-electron chi connectivity index (χ0n) is 11.7. The number of rotatable bonds is 3. The number of hydrogen-bond donors (Lipinski definition) is 1. The van der Waals surface area contributed by atoms with E-state index < -0.39 is 0 Å². The zero-order chi connectivity index (χ0) is 13.1. The lowest BCUT2D eigenvalue weighted by Gasteiger charge is -2.24. The fourth-order valence-corrected chi connectivity index (χ4v) is 2.78. The van der Waals surface area contributed by atoms with Gasteiger partial charge in [-0.2, -0.15) is 0 Å². The Kier molecular flexibility index (Phi) is 4.12. The van der Waals surface area contributed by atoms with E-state index >= 15 is 0 Å². The number of fused-ring (bicyclic) bond motifs is 1. The number of hydrogen-bond acceptors (Lipinski definition) is 3. The fraction of sp³-hybridized carbons (Fsp3) is 0.600. The quantitative estimate of drug-likeness (QED) is 0.893. The molecule has 100 valence electrons. The van der Waals surface area contributed by atoms with Crippen LogP contribution in [0.4, 0.5) is 0 Å². The van der Waals surface area contributed by atoms with Crippen molar-refractivity contribution < 1.29 is 9.47 Å². The van der Waals surface area contributed by atoms with Gasteiger partial charge in [0.15, 0.2) is 11.5 Å². The van der Waals surface area contributed by atoms with Crippen molar-refractivity contribution in [2.24, 2.45) is 5.92 Å². The van der Waals surface area contributed by atoms with Crippen molar-refractivity contribution in [3.8, 4) is 11.5 Å². The van der Waals surface area contributed by atoms with Gasteiger partial charge in [-0.1, -0.05) is 19.9 Å². The van der Waals surface area contributed by atoms with Crippen molar-refractivity contribution in [3.63, 3.8) is 0 Å². The summed E-state index contributed by atoms with van der Waals surface area (Å²) in [5.41, 5.74) is 2.67. The molecule has 1 aromatic rings. The summed E-state index contributed by atoms with van der Waals surface area (Å²) >= 11 is 0. The number of benzene rings is 1. The van der Waals surface area contributed by atoms with Crippen LogP contribution in [0.25, 0.3) is 0 Å². The molecule has 18 heavy (non-hydrogen) atoms. The molecule has 1 N–H and O–H groups in total. The van der Waals surface area contributed by atoms with Crippen molar-refractivity contribution >= 4 is 0 Å². The normalized spacial score (nSPS) is 19.3. The third-order valence-corrected chi connectivity index (χ3v) is 3.65. The predicted octanol–water partition coefficient (Wildman–Crippen LogP) is 2.94. The largest absolute Gasteiger partial charge is 0.493 e. The lowest BCUT2D eigenvalue weighted by Crippen LogP contribution is -2.25. The van der Waals surface area contributed by atoms with Crippen LogP contribution in [0, 0.1) is 5.92 Å². The van der Waals surface area contributed by atoms with Gasteiger partial charge in [-0.3, -0.25) is 0 Å². The molecule has 0 unspecified atom stereocenters. The van der Waals surface area contributed by atoms with Crippen molar-refractivity contribution in [2.75, 3.05) is 20.8 Å². The van der Waals surface area contributed by atoms with Gasteiger partial charge in [0.1, 0.15) is 0 Å². The predicted molar refractivity (Wildman–Crippen MR) is 73.4 cm³/mol. The van der Waals surface area contributed by atoms with Crippen LogP contribution in [0.1, 0.15) is 37.4 Å². The second-order valence-corrected chi connectivity index (χ2v) is 5.15. The summed E-state index contributed by atoms with van der Waals surface area (Å²) in [6, 6.07) is 4.60. The lowest BCUT2D eigenvalue weighted by molar-refractivity contribution is 0.350. The molecule has 3 heteroatoms. The monoisotopic (exact) mass is 249 g/mol. The van der Waals surface area contributed by atoms with Crippen LogP contribution >= 0.6 is 0 Å². The molecule has 2 rings (SSSR count). The number of methoxy groups -OCH3 is 2. The topological polar surface area (TPSA) is 30.5 Å². The molecule has 0 radical (unpaired) electrons. The van der Waals surface area contributed by atoms with E-state index in [-0.39, 0.29) is 0 Å². The van der Waals surface area contributed by atoms with Crippen molar-refractivity contribution in [1.82, 2.24) is 5.32 Å². The Morgan fingerprint density at radius 2 is 2.00 bits per heavy atom. The van der Waals surface area contributed by atoms with Gasteiger partial charge >= 0.3 is 0 Å². The van der Waals surface area contributed by atoms with E-state index in [1.54, 1.807) is 14.2 Å². The summed E-state index contributed by atoms with van der Waals surface area (Å²) in [5.74, 6) is 2.31. The highest BCUT2D eigenvalue weighted by molar-refractivity contribution is 5.52. The van der Waals surface area contributed by atoms with Gasteiger partial charge in [-0.15, -0.1) is 0 Å². The first-order valence-electron chi connectivity index (χ1n) is 6.66. The minimum Gasteiger partial charge on any atom is -0.493 e. The Balaban J connectivity index is 2.53. The molecule has 0 aliphatic carbocycles. The first-order chi connectivity index (χ1) is 8.69. The Bertz CT molecular complexity index is 415. The highest BCUT2D eigenvalue weighted by Crippen LogP contribution is 2.39. The summed E-state index contributed by atoms with van der Waals surface area (Å²) in [7, 11) is 3.42. The molecule has 0 fully saturated rings. The van der Waals surface area contributed by atoms with E-state index in [0.717, 1.165) is 30.9 Å². The van der Waals surface area contributed by atoms with E-state index in [2.05, 4.69) is 25.2 Å². The van der Waals surface area contributed by atoms with Crippen LogP contribution in [-0.4, -0.2) is 20.8 Å². The molecule has 0 bridgehead atoms. The molecular weight excluding hydrogens is 226 g/mol. The maximum atomic E-state index is 5.57. The molecule has 0 aromatic heterocycles. The van der Waals surface area contributed by atoms with Gasteiger partial charge in [-0.05, 0) is 36.9 Å². The maximum absolute atomic E-state index is 5.57. The third-order valence-electron chi connectivity index (χ3n) is 3.65. The smallest absolute Gasteiger partial charge is 0.164 e. The Labute approximate surface area is 109 Å². The Morgan fingerprint density at radius 3 is 2.61 bits per heavy atom. The fourth-order valence-electron chi connectivity index (χ4n) is 2.78. The molecule has 1 aliphatic heterocycles. The van der Waals surface area contributed by atoms with E-state index in [1.807, 2.05) is 6.07 Å². The summed E-state index contributed by atoms with van der Waals surface area (Å²) in [4.78, 5) is 0. The average molecular weight is 249 g/mol. The van der Waals surface area contributed by atoms with Gasteiger partial charge in [0, 0.05) is 11.6 Å². The molecule has 0 saturated heterocycles. The molecule has 1 aliphatic rings. The van der Waals surface area contributed by atoms with Crippen molar-refractivity contribution in [1.29, 1.82) is 0 Å². The molecule has 0 spiro atoms. The Hall–Kier alpha value is -1.22. The standard InChI is InChI=1S/C15H23NO2/c1-10(2)14-11-7-8-13(17-3)15(18-4)12(11)6-5-9-16-14/h7-8,10,14,16H,5-6,9H2,1-4H3/t14-/m1/s1. The van der Waals surface area contributed by atoms with Crippen molar-refractivity contribution in [2.45, 2.75) is 32.7 Å². The minimum atomic E-state index is 0.405. The molecular formula is C15H23NO2. The highest BCUT2D eigenvalue weighted by atomic mass is 16.5. The average Bonchev–Trinajstić information content (AvgIpc) is 2.59. The maximum Gasteiger partial charge on any atom is 0.164 e. The van der Waals surface area contributed by atoms with E-state index in [4.69, 9.17) is 9.47 Å². The molecule has 0 saturated carbocycles. The lowest BCUT2D eigenvalue weighted by atomic mass is 9.91.